The van der Waals surface area contributed by atoms with Crippen LogP contribution in [0, 0.1) is 0 Å². The fourth-order valence-electron chi connectivity index (χ4n) is 3.03. The molecule has 2 atom stereocenters. The van der Waals surface area contributed by atoms with E-state index in [9.17, 15) is 5.11 Å². The topological polar surface area (TPSA) is 29.5 Å². The molecule has 1 saturated heterocycles. The standard InChI is InChI=1S/C15H20O2/c16-14(15-5-2-8-17-15)10-11-6-7-12-3-1-4-13(12)9-11/h6-7,9,14-16H,1-5,8,10H2. The lowest BCUT2D eigenvalue weighted by Crippen LogP contribution is -2.27. The molecule has 2 unspecified atom stereocenters. The molecule has 0 saturated carbocycles. The summed E-state index contributed by atoms with van der Waals surface area (Å²) in [6, 6.07) is 6.68. The Morgan fingerprint density at radius 1 is 1.24 bits per heavy atom. The lowest BCUT2D eigenvalue weighted by Gasteiger charge is -2.17. The Labute approximate surface area is 103 Å². The third-order valence-electron chi connectivity index (χ3n) is 4.00. The fraction of sp³-hybridized carbons (Fsp3) is 0.600. The van der Waals surface area contributed by atoms with Crippen molar-refractivity contribution < 1.29 is 9.84 Å². The van der Waals surface area contributed by atoms with Gasteiger partial charge >= 0.3 is 0 Å². The van der Waals surface area contributed by atoms with Crippen LogP contribution >= 0.6 is 0 Å². The number of hydrogen-bond acceptors (Lipinski definition) is 2. The van der Waals surface area contributed by atoms with Gasteiger partial charge < -0.3 is 9.84 Å². The van der Waals surface area contributed by atoms with Crippen LogP contribution < -0.4 is 0 Å². The average molecular weight is 232 g/mol. The van der Waals surface area contributed by atoms with E-state index in [0.717, 1.165) is 25.9 Å². The predicted molar refractivity (Wildman–Crippen MR) is 67.2 cm³/mol. The molecule has 2 heteroatoms. The van der Waals surface area contributed by atoms with Gasteiger partial charge in [-0.05, 0) is 48.8 Å². The summed E-state index contributed by atoms with van der Waals surface area (Å²) in [5, 5.41) is 10.1. The van der Waals surface area contributed by atoms with Gasteiger partial charge in [-0.1, -0.05) is 18.2 Å². The minimum atomic E-state index is -0.336. The van der Waals surface area contributed by atoms with Crippen LogP contribution in [0.5, 0.6) is 0 Å². The maximum absolute atomic E-state index is 10.1. The Bertz CT molecular complexity index is 394. The van der Waals surface area contributed by atoms with Gasteiger partial charge in [0.25, 0.3) is 0 Å². The first-order valence-corrected chi connectivity index (χ1v) is 6.73. The van der Waals surface area contributed by atoms with Crippen molar-refractivity contribution in [1.29, 1.82) is 0 Å². The highest BCUT2D eigenvalue weighted by molar-refractivity contribution is 5.35. The third-order valence-corrected chi connectivity index (χ3v) is 4.00. The second-order valence-corrected chi connectivity index (χ2v) is 5.28. The van der Waals surface area contributed by atoms with Crippen molar-refractivity contribution in [3.63, 3.8) is 0 Å². The zero-order chi connectivity index (χ0) is 11.7. The lowest BCUT2D eigenvalue weighted by molar-refractivity contribution is -0.000777. The maximum atomic E-state index is 10.1. The van der Waals surface area contributed by atoms with E-state index < -0.39 is 0 Å². The zero-order valence-electron chi connectivity index (χ0n) is 10.2. The summed E-state index contributed by atoms with van der Waals surface area (Å²) >= 11 is 0. The van der Waals surface area contributed by atoms with Crippen molar-refractivity contribution in [2.24, 2.45) is 0 Å². The van der Waals surface area contributed by atoms with Crippen LogP contribution in [0.4, 0.5) is 0 Å². The molecule has 1 heterocycles. The summed E-state index contributed by atoms with van der Waals surface area (Å²) in [4.78, 5) is 0. The number of aryl methyl sites for hydroxylation is 2. The van der Waals surface area contributed by atoms with Crippen molar-refractivity contribution in [2.75, 3.05) is 6.61 Å². The van der Waals surface area contributed by atoms with Crippen LogP contribution in [0.25, 0.3) is 0 Å². The maximum Gasteiger partial charge on any atom is 0.0842 e. The van der Waals surface area contributed by atoms with Crippen LogP contribution in [0.15, 0.2) is 18.2 Å². The van der Waals surface area contributed by atoms with Gasteiger partial charge in [-0.25, -0.2) is 0 Å². The monoisotopic (exact) mass is 232 g/mol. The first-order valence-electron chi connectivity index (χ1n) is 6.73. The molecule has 2 aliphatic rings. The van der Waals surface area contributed by atoms with Gasteiger partial charge in [-0.15, -0.1) is 0 Å². The van der Waals surface area contributed by atoms with E-state index >= 15 is 0 Å². The number of aliphatic hydroxyl groups is 1. The first kappa shape index (κ1) is 11.2. The van der Waals surface area contributed by atoms with E-state index in [1.54, 1.807) is 0 Å². The van der Waals surface area contributed by atoms with Gasteiger partial charge in [-0.2, -0.15) is 0 Å². The van der Waals surface area contributed by atoms with Crippen molar-refractivity contribution in [3.05, 3.63) is 34.9 Å². The predicted octanol–water partition coefficient (Wildman–Crippen LogP) is 2.26. The van der Waals surface area contributed by atoms with Crippen LogP contribution in [0.2, 0.25) is 0 Å². The van der Waals surface area contributed by atoms with E-state index in [2.05, 4.69) is 18.2 Å². The molecular formula is C15H20O2. The van der Waals surface area contributed by atoms with Gasteiger partial charge in [0, 0.05) is 13.0 Å². The first-order chi connectivity index (χ1) is 8.33. The highest BCUT2D eigenvalue weighted by Crippen LogP contribution is 2.24. The molecule has 17 heavy (non-hydrogen) atoms. The van der Waals surface area contributed by atoms with Crippen molar-refractivity contribution in [3.8, 4) is 0 Å². The van der Waals surface area contributed by atoms with Crippen molar-refractivity contribution in [2.45, 2.75) is 50.7 Å². The summed E-state index contributed by atoms with van der Waals surface area (Å²) in [7, 11) is 0. The minimum Gasteiger partial charge on any atom is -0.390 e. The summed E-state index contributed by atoms with van der Waals surface area (Å²) in [6.07, 6.45) is 6.27. The van der Waals surface area contributed by atoms with E-state index in [0.29, 0.717) is 0 Å². The Kier molecular flexibility index (Phi) is 3.17. The molecule has 0 spiro atoms. The molecule has 0 aromatic heterocycles. The van der Waals surface area contributed by atoms with Gasteiger partial charge in [0.15, 0.2) is 0 Å². The summed E-state index contributed by atoms with van der Waals surface area (Å²) < 4.78 is 5.53. The van der Waals surface area contributed by atoms with E-state index in [4.69, 9.17) is 4.74 Å². The highest BCUT2D eigenvalue weighted by Gasteiger charge is 2.24. The van der Waals surface area contributed by atoms with Crippen molar-refractivity contribution in [1.82, 2.24) is 0 Å². The molecule has 1 aromatic rings. The molecule has 1 aliphatic carbocycles. The fourth-order valence-corrected chi connectivity index (χ4v) is 3.03. The van der Waals surface area contributed by atoms with Crippen LogP contribution in [-0.4, -0.2) is 23.9 Å². The average Bonchev–Trinajstić information content (AvgIpc) is 2.99. The normalized spacial score (nSPS) is 24.9. The Hall–Kier alpha value is -0.860. The second kappa shape index (κ2) is 4.79. The highest BCUT2D eigenvalue weighted by atomic mass is 16.5. The molecule has 0 radical (unpaired) electrons. The zero-order valence-corrected chi connectivity index (χ0v) is 10.2. The Morgan fingerprint density at radius 2 is 2.12 bits per heavy atom. The smallest absolute Gasteiger partial charge is 0.0842 e. The number of hydrogen-bond donors (Lipinski definition) is 1. The summed E-state index contributed by atoms with van der Waals surface area (Å²) in [5.41, 5.74) is 4.25. The Morgan fingerprint density at radius 3 is 2.94 bits per heavy atom. The summed E-state index contributed by atoms with van der Waals surface area (Å²) in [5.74, 6) is 0. The number of fused-ring (bicyclic) bond motifs is 1. The van der Waals surface area contributed by atoms with Gasteiger partial charge in [0.1, 0.15) is 0 Å². The molecule has 0 bridgehead atoms. The third kappa shape index (κ3) is 2.38. The molecule has 1 aromatic carbocycles. The van der Waals surface area contributed by atoms with E-state index in [-0.39, 0.29) is 12.2 Å². The number of ether oxygens (including phenoxy) is 1. The quantitative estimate of drug-likeness (QED) is 0.866. The molecule has 1 aliphatic heterocycles. The minimum absolute atomic E-state index is 0.0586. The van der Waals surface area contributed by atoms with Gasteiger partial charge in [0.05, 0.1) is 12.2 Å². The molecule has 2 nitrogen and oxygen atoms in total. The number of aliphatic hydroxyl groups excluding tert-OH is 1. The molecule has 1 N–H and O–H groups in total. The molecule has 3 rings (SSSR count). The van der Waals surface area contributed by atoms with Gasteiger partial charge in [-0.3, -0.25) is 0 Å². The molecule has 92 valence electrons. The number of benzene rings is 1. The van der Waals surface area contributed by atoms with Crippen molar-refractivity contribution >= 4 is 0 Å². The molecular weight excluding hydrogens is 212 g/mol. The largest absolute Gasteiger partial charge is 0.390 e. The Balaban J connectivity index is 1.68. The van der Waals surface area contributed by atoms with Crippen LogP contribution in [0.3, 0.4) is 0 Å². The lowest BCUT2D eigenvalue weighted by atomic mass is 9.99. The number of rotatable bonds is 3. The van der Waals surface area contributed by atoms with E-state index in [1.165, 1.54) is 36.0 Å². The van der Waals surface area contributed by atoms with Crippen LogP contribution in [0.1, 0.15) is 36.0 Å². The summed E-state index contributed by atoms with van der Waals surface area (Å²) in [6.45, 7) is 0.811. The molecule has 1 fully saturated rings. The molecule has 0 amide bonds. The SMILES string of the molecule is OC(Cc1ccc2c(c1)CCC2)C1CCCO1. The van der Waals surface area contributed by atoms with Crippen LogP contribution in [-0.2, 0) is 24.0 Å². The second-order valence-electron chi connectivity index (χ2n) is 5.28. The van der Waals surface area contributed by atoms with E-state index in [1.807, 2.05) is 0 Å². The van der Waals surface area contributed by atoms with Gasteiger partial charge in [0.2, 0.25) is 0 Å².